The first kappa shape index (κ1) is 23.9. The first-order valence-corrected chi connectivity index (χ1v) is 11.6. The van der Waals surface area contributed by atoms with E-state index in [0.29, 0.717) is 27.8 Å². The second kappa shape index (κ2) is 11.8. The minimum absolute atomic E-state index is 0.143. The lowest BCUT2D eigenvalue weighted by Gasteiger charge is -2.16. The number of hydrogen-bond donors (Lipinski definition) is 2. The average Bonchev–Trinajstić information content (AvgIpc) is 2.76. The van der Waals surface area contributed by atoms with Gasteiger partial charge in [-0.3, -0.25) is 9.59 Å². The number of nitrogens with one attached hydrogen (secondary N) is 2. The van der Waals surface area contributed by atoms with Crippen LogP contribution in [0, 0.1) is 0 Å². The second-order valence-electron chi connectivity index (χ2n) is 6.92. The Labute approximate surface area is 202 Å². The van der Waals surface area contributed by atoms with Gasteiger partial charge in [0.05, 0.1) is 5.25 Å². The van der Waals surface area contributed by atoms with Gasteiger partial charge < -0.3 is 10.6 Å². The number of carbonyl (C=O) groups is 2. The molecule has 0 aromatic heterocycles. The van der Waals surface area contributed by atoms with Gasteiger partial charge in [-0.2, -0.15) is 0 Å². The van der Waals surface area contributed by atoms with E-state index in [9.17, 15) is 9.59 Å². The number of amides is 2. The van der Waals surface area contributed by atoms with Crippen molar-refractivity contribution in [3.63, 3.8) is 0 Å². The van der Waals surface area contributed by atoms with Gasteiger partial charge in [0, 0.05) is 32.4 Å². The summed E-state index contributed by atoms with van der Waals surface area (Å²) in [6.45, 7) is 1.95. The quantitative estimate of drug-likeness (QED) is 0.263. The van der Waals surface area contributed by atoms with E-state index in [1.165, 1.54) is 17.8 Å². The van der Waals surface area contributed by atoms with Crippen LogP contribution in [0.5, 0.6) is 0 Å². The highest BCUT2D eigenvalue weighted by molar-refractivity contribution is 8.00. The van der Waals surface area contributed by atoms with Crippen molar-refractivity contribution in [3.05, 3.63) is 94.5 Å². The molecule has 2 N–H and O–H groups in total. The van der Waals surface area contributed by atoms with Crippen molar-refractivity contribution in [3.8, 4) is 0 Å². The molecule has 0 aliphatic rings. The molecule has 0 heterocycles. The fourth-order valence-corrected chi connectivity index (χ4v) is 4.44. The fourth-order valence-electron chi connectivity index (χ4n) is 2.90. The van der Waals surface area contributed by atoms with Crippen LogP contribution >= 0.6 is 35.0 Å². The molecule has 0 saturated carbocycles. The van der Waals surface area contributed by atoms with Crippen LogP contribution in [0.25, 0.3) is 6.08 Å². The smallest absolute Gasteiger partial charge is 0.248 e. The van der Waals surface area contributed by atoms with E-state index in [1.807, 2.05) is 61.5 Å². The summed E-state index contributed by atoms with van der Waals surface area (Å²) < 4.78 is 0. The standard InChI is InChI=1S/C25H22Cl2N2O2S/c1-2-23(25(31)29-21-14-18(26)13-19(27)15-21)32-22-10-6-9-20(16-22)28-24(30)12-11-17-7-4-3-5-8-17/h3-16,23H,2H2,1H3,(H,28,30)(H,29,31)/b12-11+. The van der Waals surface area contributed by atoms with E-state index < -0.39 is 0 Å². The largest absolute Gasteiger partial charge is 0.325 e. The Morgan fingerprint density at radius 2 is 1.62 bits per heavy atom. The molecule has 3 aromatic rings. The van der Waals surface area contributed by atoms with Gasteiger partial charge >= 0.3 is 0 Å². The summed E-state index contributed by atoms with van der Waals surface area (Å²) in [5.41, 5.74) is 2.16. The number of carbonyl (C=O) groups excluding carboxylic acids is 2. The summed E-state index contributed by atoms with van der Waals surface area (Å²) >= 11 is 13.5. The van der Waals surface area contributed by atoms with Crippen LogP contribution in [0.3, 0.4) is 0 Å². The molecule has 3 rings (SSSR count). The maximum atomic E-state index is 12.8. The molecule has 0 bridgehead atoms. The van der Waals surface area contributed by atoms with Crippen molar-refractivity contribution >= 4 is 64.2 Å². The number of rotatable bonds is 8. The molecule has 32 heavy (non-hydrogen) atoms. The summed E-state index contributed by atoms with van der Waals surface area (Å²) in [5.74, 6) is -0.366. The van der Waals surface area contributed by atoms with Gasteiger partial charge in [0.25, 0.3) is 0 Å². The van der Waals surface area contributed by atoms with Crippen molar-refractivity contribution in [2.75, 3.05) is 10.6 Å². The van der Waals surface area contributed by atoms with Gasteiger partial charge in [-0.15, -0.1) is 11.8 Å². The molecule has 3 aromatic carbocycles. The summed E-state index contributed by atoms with van der Waals surface area (Å²) in [7, 11) is 0. The van der Waals surface area contributed by atoms with Crippen molar-refractivity contribution < 1.29 is 9.59 Å². The molecule has 1 atom stereocenters. The Kier molecular flexibility index (Phi) is 8.80. The normalized spacial score (nSPS) is 11.8. The van der Waals surface area contributed by atoms with E-state index in [-0.39, 0.29) is 17.1 Å². The fraction of sp³-hybridized carbons (Fsp3) is 0.120. The minimum atomic E-state index is -0.323. The molecule has 0 radical (unpaired) electrons. The number of anilines is 2. The van der Waals surface area contributed by atoms with Crippen molar-refractivity contribution in [2.24, 2.45) is 0 Å². The molecule has 0 saturated heterocycles. The Balaban J connectivity index is 1.62. The highest BCUT2D eigenvalue weighted by Crippen LogP contribution is 2.29. The zero-order valence-electron chi connectivity index (χ0n) is 17.3. The van der Waals surface area contributed by atoms with Crippen LogP contribution in [-0.2, 0) is 9.59 Å². The lowest BCUT2D eigenvalue weighted by Crippen LogP contribution is -2.24. The van der Waals surface area contributed by atoms with E-state index >= 15 is 0 Å². The second-order valence-corrected chi connectivity index (χ2v) is 9.07. The molecule has 0 aliphatic heterocycles. The first-order valence-electron chi connectivity index (χ1n) is 10.0. The SMILES string of the molecule is CCC(Sc1cccc(NC(=O)/C=C/c2ccccc2)c1)C(=O)Nc1cc(Cl)cc(Cl)c1. The first-order chi connectivity index (χ1) is 15.4. The van der Waals surface area contributed by atoms with Gasteiger partial charge in [0.15, 0.2) is 0 Å². The van der Waals surface area contributed by atoms with Gasteiger partial charge in [-0.1, -0.05) is 66.5 Å². The highest BCUT2D eigenvalue weighted by Gasteiger charge is 2.18. The molecule has 7 heteroatoms. The highest BCUT2D eigenvalue weighted by atomic mass is 35.5. The maximum absolute atomic E-state index is 12.8. The van der Waals surface area contributed by atoms with E-state index in [4.69, 9.17) is 23.2 Å². The van der Waals surface area contributed by atoms with Gasteiger partial charge in [-0.05, 0) is 54.5 Å². The lowest BCUT2D eigenvalue weighted by atomic mass is 10.2. The third-order valence-electron chi connectivity index (χ3n) is 4.40. The molecule has 164 valence electrons. The van der Waals surface area contributed by atoms with Crippen LogP contribution in [0.1, 0.15) is 18.9 Å². The van der Waals surface area contributed by atoms with Gasteiger partial charge in [0.1, 0.15) is 0 Å². The third-order valence-corrected chi connectivity index (χ3v) is 6.19. The van der Waals surface area contributed by atoms with Gasteiger partial charge in [0.2, 0.25) is 11.8 Å². The van der Waals surface area contributed by atoms with Crippen molar-refractivity contribution in [1.29, 1.82) is 0 Å². The van der Waals surface area contributed by atoms with Crippen LogP contribution in [-0.4, -0.2) is 17.1 Å². The van der Waals surface area contributed by atoms with Crippen molar-refractivity contribution in [2.45, 2.75) is 23.5 Å². The molecule has 0 spiro atoms. The summed E-state index contributed by atoms with van der Waals surface area (Å²) in [4.78, 5) is 25.9. The van der Waals surface area contributed by atoms with E-state index in [2.05, 4.69) is 10.6 Å². The predicted molar refractivity (Wildman–Crippen MR) is 136 cm³/mol. The molecular formula is C25H22Cl2N2O2S. The lowest BCUT2D eigenvalue weighted by molar-refractivity contribution is -0.115. The Morgan fingerprint density at radius 3 is 2.31 bits per heavy atom. The zero-order chi connectivity index (χ0) is 22.9. The zero-order valence-corrected chi connectivity index (χ0v) is 19.7. The number of halogens is 2. The Bertz CT molecular complexity index is 1100. The molecule has 0 aliphatic carbocycles. The molecule has 0 fully saturated rings. The topological polar surface area (TPSA) is 58.2 Å². The number of hydrogen-bond acceptors (Lipinski definition) is 3. The Morgan fingerprint density at radius 1 is 0.906 bits per heavy atom. The molecule has 4 nitrogen and oxygen atoms in total. The minimum Gasteiger partial charge on any atom is -0.325 e. The maximum Gasteiger partial charge on any atom is 0.248 e. The van der Waals surface area contributed by atoms with Crippen LogP contribution in [0.2, 0.25) is 10.0 Å². The van der Waals surface area contributed by atoms with Gasteiger partial charge in [-0.25, -0.2) is 0 Å². The van der Waals surface area contributed by atoms with E-state index in [0.717, 1.165) is 10.5 Å². The summed E-state index contributed by atoms with van der Waals surface area (Å²) in [6, 6.07) is 21.9. The molecular weight excluding hydrogens is 463 g/mol. The number of thioether (sulfide) groups is 1. The van der Waals surface area contributed by atoms with Crippen LogP contribution < -0.4 is 10.6 Å². The van der Waals surface area contributed by atoms with Crippen LogP contribution in [0.15, 0.2) is 83.8 Å². The average molecular weight is 485 g/mol. The summed E-state index contributed by atoms with van der Waals surface area (Å²) in [5, 5.41) is 6.31. The monoisotopic (exact) mass is 484 g/mol. The third kappa shape index (κ3) is 7.45. The molecule has 1 unspecified atom stereocenters. The van der Waals surface area contributed by atoms with Crippen molar-refractivity contribution in [1.82, 2.24) is 0 Å². The van der Waals surface area contributed by atoms with Crippen LogP contribution in [0.4, 0.5) is 11.4 Å². The van der Waals surface area contributed by atoms with E-state index in [1.54, 1.807) is 24.3 Å². The number of benzene rings is 3. The summed E-state index contributed by atoms with van der Waals surface area (Å²) in [6.07, 6.45) is 3.88. The molecule has 2 amide bonds. The predicted octanol–water partition coefficient (Wildman–Crippen LogP) is 7.15. The Hall–Kier alpha value is -2.73.